The molecule has 0 aliphatic carbocycles. The number of hydrogen-bond acceptors (Lipinski definition) is 4. The highest BCUT2D eigenvalue weighted by Crippen LogP contribution is 2.12. The van der Waals surface area contributed by atoms with Crippen LogP contribution in [-0.4, -0.2) is 48.5 Å². The maximum absolute atomic E-state index is 12.0. The van der Waals surface area contributed by atoms with Crippen molar-refractivity contribution in [2.24, 2.45) is 0 Å². The van der Waals surface area contributed by atoms with Crippen LogP contribution in [0.3, 0.4) is 0 Å². The minimum atomic E-state index is -2.78. The van der Waals surface area contributed by atoms with Gasteiger partial charge in [-0.25, -0.2) is 8.78 Å². The number of ether oxygens (including phenoxy) is 1. The van der Waals surface area contributed by atoms with Gasteiger partial charge in [0.15, 0.2) is 0 Å². The zero-order chi connectivity index (χ0) is 15.0. The molecular weight excluding hydrogens is 268 g/mol. The van der Waals surface area contributed by atoms with E-state index in [0.29, 0.717) is 5.75 Å². The molecule has 4 nitrogen and oxygen atoms in total. The number of halogens is 2. The third kappa shape index (κ3) is 6.27. The number of rotatable bonds is 9. The molecule has 0 radical (unpaired) electrons. The molecule has 0 aliphatic rings. The Balaban J connectivity index is 2.20. The number of alkyl halides is 2. The van der Waals surface area contributed by atoms with Gasteiger partial charge in [-0.05, 0) is 24.1 Å². The minimum absolute atomic E-state index is 0.0588. The minimum Gasteiger partial charge on any atom is -0.491 e. The average molecular weight is 289 g/mol. The number of hydrogen-bond donors (Lipinski definition) is 3. The van der Waals surface area contributed by atoms with Gasteiger partial charge in [0.05, 0.1) is 0 Å². The van der Waals surface area contributed by atoms with Crippen LogP contribution < -0.4 is 10.1 Å². The van der Waals surface area contributed by atoms with Gasteiger partial charge in [-0.15, -0.1) is 0 Å². The van der Waals surface area contributed by atoms with Crippen LogP contribution in [0.25, 0.3) is 0 Å². The van der Waals surface area contributed by atoms with E-state index in [-0.39, 0.29) is 19.7 Å². The summed E-state index contributed by atoms with van der Waals surface area (Å²) in [4.78, 5) is 0. The quantitative estimate of drug-likeness (QED) is 0.639. The van der Waals surface area contributed by atoms with Crippen molar-refractivity contribution in [2.75, 3.05) is 19.7 Å². The molecule has 20 heavy (non-hydrogen) atoms. The van der Waals surface area contributed by atoms with Gasteiger partial charge in [0.2, 0.25) is 0 Å². The van der Waals surface area contributed by atoms with Crippen LogP contribution in [0, 0.1) is 0 Å². The van der Waals surface area contributed by atoms with Gasteiger partial charge in [0, 0.05) is 13.1 Å². The summed E-state index contributed by atoms with van der Waals surface area (Å²) in [6, 6.07) is 7.52. The number of aryl methyl sites for hydroxylation is 1. The third-order valence-corrected chi connectivity index (χ3v) is 2.80. The zero-order valence-electron chi connectivity index (χ0n) is 11.4. The summed E-state index contributed by atoms with van der Waals surface area (Å²) >= 11 is 0. The van der Waals surface area contributed by atoms with Gasteiger partial charge < -0.3 is 20.3 Å². The van der Waals surface area contributed by atoms with E-state index in [4.69, 9.17) is 9.84 Å². The summed E-state index contributed by atoms with van der Waals surface area (Å²) in [7, 11) is 0. The predicted molar refractivity (Wildman–Crippen MR) is 72.2 cm³/mol. The lowest BCUT2D eigenvalue weighted by Gasteiger charge is -2.15. The molecule has 6 heteroatoms. The van der Waals surface area contributed by atoms with Crippen molar-refractivity contribution in [3.8, 4) is 5.75 Å². The van der Waals surface area contributed by atoms with Gasteiger partial charge in [-0.3, -0.25) is 0 Å². The number of aliphatic hydroxyl groups is 2. The van der Waals surface area contributed by atoms with Gasteiger partial charge >= 0.3 is 0 Å². The highest BCUT2D eigenvalue weighted by molar-refractivity contribution is 5.27. The van der Waals surface area contributed by atoms with Crippen LogP contribution in [0.2, 0.25) is 0 Å². The van der Waals surface area contributed by atoms with Crippen molar-refractivity contribution >= 4 is 0 Å². The molecule has 0 fully saturated rings. The Morgan fingerprint density at radius 2 is 1.80 bits per heavy atom. The monoisotopic (exact) mass is 289 g/mol. The summed E-state index contributed by atoms with van der Waals surface area (Å²) < 4.78 is 29.4. The molecule has 0 bridgehead atoms. The lowest BCUT2D eigenvalue weighted by molar-refractivity contribution is -0.00529. The topological polar surface area (TPSA) is 61.7 Å². The second-order valence-corrected chi connectivity index (χ2v) is 4.52. The normalized spacial score (nSPS) is 14.3. The highest BCUT2D eigenvalue weighted by atomic mass is 19.3. The average Bonchev–Trinajstić information content (AvgIpc) is 2.45. The van der Waals surface area contributed by atoms with Crippen LogP contribution in [0.5, 0.6) is 5.75 Å². The summed E-state index contributed by atoms with van der Waals surface area (Å²) in [6.45, 7) is 1.93. The molecule has 2 atom stereocenters. The molecule has 0 spiro atoms. The van der Waals surface area contributed by atoms with E-state index < -0.39 is 18.6 Å². The Morgan fingerprint density at radius 1 is 1.15 bits per heavy atom. The number of benzene rings is 1. The maximum atomic E-state index is 12.0. The molecule has 0 saturated carbocycles. The molecule has 0 saturated heterocycles. The standard InChI is InChI=1S/C14H21F2NO3/c1-2-10-3-5-12(6-4-10)20-9-11(18)7-17-8-13(19)14(15)16/h3-6,11,13-14,17-19H,2,7-9H2,1H3. The molecule has 1 aromatic carbocycles. The second kappa shape index (κ2) is 8.84. The summed E-state index contributed by atoms with van der Waals surface area (Å²) in [5.74, 6) is 0.647. The molecule has 0 heterocycles. The molecule has 114 valence electrons. The lowest BCUT2D eigenvalue weighted by Crippen LogP contribution is -2.38. The van der Waals surface area contributed by atoms with Crippen molar-refractivity contribution in [2.45, 2.75) is 32.0 Å². The van der Waals surface area contributed by atoms with Crippen molar-refractivity contribution in [3.05, 3.63) is 29.8 Å². The summed E-state index contributed by atoms with van der Waals surface area (Å²) in [5, 5.41) is 21.0. The van der Waals surface area contributed by atoms with Gasteiger partial charge in [-0.1, -0.05) is 19.1 Å². The first-order valence-electron chi connectivity index (χ1n) is 6.59. The van der Waals surface area contributed by atoms with Crippen LogP contribution in [-0.2, 0) is 6.42 Å². The molecule has 0 amide bonds. The first kappa shape index (κ1) is 16.8. The molecule has 1 aromatic rings. The molecule has 2 unspecified atom stereocenters. The van der Waals surface area contributed by atoms with Crippen LogP contribution in [0.15, 0.2) is 24.3 Å². The Bertz CT molecular complexity index is 373. The number of nitrogens with one attached hydrogen (secondary N) is 1. The fraction of sp³-hybridized carbons (Fsp3) is 0.571. The SMILES string of the molecule is CCc1ccc(OCC(O)CNCC(O)C(F)F)cc1. The molecule has 0 aromatic heterocycles. The molecule has 3 N–H and O–H groups in total. The summed E-state index contributed by atoms with van der Waals surface area (Å²) in [6.07, 6.45) is -4.39. The fourth-order valence-corrected chi connectivity index (χ4v) is 1.56. The van der Waals surface area contributed by atoms with Crippen molar-refractivity contribution < 1.29 is 23.7 Å². The largest absolute Gasteiger partial charge is 0.491 e. The summed E-state index contributed by atoms with van der Waals surface area (Å²) in [5.41, 5.74) is 1.19. The Hall–Kier alpha value is -1.24. The van der Waals surface area contributed by atoms with Gasteiger partial charge in [-0.2, -0.15) is 0 Å². The molecule has 0 aliphatic heterocycles. The Labute approximate surface area is 117 Å². The third-order valence-electron chi connectivity index (χ3n) is 2.80. The van der Waals surface area contributed by atoms with Crippen molar-refractivity contribution in [1.29, 1.82) is 0 Å². The van der Waals surface area contributed by atoms with Crippen LogP contribution in [0.1, 0.15) is 12.5 Å². The lowest BCUT2D eigenvalue weighted by atomic mass is 10.2. The Kier molecular flexibility index (Phi) is 7.43. The molecule has 1 rings (SSSR count). The maximum Gasteiger partial charge on any atom is 0.265 e. The van der Waals surface area contributed by atoms with Crippen molar-refractivity contribution in [1.82, 2.24) is 5.32 Å². The number of aliphatic hydroxyl groups excluding tert-OH is 2. The smallest absolute Gasteiger partial charge is 0.265 e. The van der Waals surface area contributed by atoms with E-state index in [2.05, 4.69) is 12.2 Å². The predicted octanol–water partition coefficient (Wildman–Crippen LogP) is 1.20. The second-order valence-electron chi connectivity index (χ2n) is 4.52. The fourth-order valence-electron chi connectivity index (χ4n) is 1.56. The molecular formula is C14H21F2NO3. The van der Waals surface area contributed by atoms with Gasteiger partial charge in [0.25, 0.3) is 6.43 Å². The van der Waals surface area contributed by atoms with E-state index in [1.54, 1.807) is 0 Å². The van der Waals surface area contributed by atoms with E-state index in [1.807, 2.05) is 24.3 Å². The first-order valence-corrected chi connectivity index (χ1v) is 6.59. The van der Waals surface area contributed by atoms with Crippen LogP contribution >= 0.6 is 0 Å². The van der Waals surface area contributed by atoms with Crippen LogP contribution in [0.4, 0.5) is 8.78 Å². The van der Waals surface area contributed by atoms with E-state index in [0.717, 1.165) is 6.42 Å². The highest BCUT2D eigenvalue weighted by Gasteiger charge is 2.16. The van der Waals surface area contributed by atoms with Gasteiger partial charge in [0.1, 0.15) is 24.6 Å². The van der Waals surface area contributed by atoms with E-state index in [1.165, 1.54) is 5.56 Å². The first-order chi connectivity index (χ1) is 9.52. The van der Waals surface area contributed by atoms with E-state index >= 15 is 0 Å². The van der Waals surface area contributed by atoms with E-state index in [9.17, 15) is 13.9 Å². The zero-order valence-corrected chi connectivity index (χ0v) is 11.4. The Morgan fingerprint density at radius 3 is 2.35 bits per heavy atom. The van der Waals surface area contributed by atoms with Crippen molar-refractivity contribution in [3.63, 3.8) is 0 Å².